The molecule has 0 heterocycles. The van der Waals surface area contributed by atoms with Crippen molar-refractivity contribution in [3.63, 3.8) is 0 Å². The summed E-state index contributed by atoms with van der Waals surface area (Å²) >= 11 is 0. The number of hydrogen-bond donors (Lipinski definition) is 1. The van der Waals surface area contributed by atoms with E-state index in [4.69, 9.17) is 9.47 Å². The fourth-order valence-corrected chi connectivity index (χ4v) is 5.30. The highest BCUT2D eigenvalue weighted by Crippen LogP contribution is 2.43. The molecule has 0 aromatic heterocycles. The highest BCUT2D eigenvalue weighted by atomic mass is 16.5. The Bertz CT molecular complexity index is 489. The largest absolute Gasteiger partial charge is 0.462 e. The fourth-order valence-electron chi connectivity index (χ4n) is 5.30. The topological polar surface area (TPSA) is 55.8 Å². The molecule has 0 radical (unpaired) electrons. The van der Waals surface area contributed by atoms with Crippen molar-refractivity contribution >= 4 is 5.97 Å². The summed E-state index contributed by atoms with van der Waals surface area (Å²) in [6.07, 6.45) is 12.1. The van der Waals surface area contributed by atoms with Gasteiger partial charge in [0.2, 0.25) is 0 Å². The van der Waals surface area contributed by atoms with Crippen LogP contribution in [-0.2, 0) is 14.3 Å². The van der Waals surface area contributed by atoms with E-state index in [-0.39, 0.29) is 23.6 Å². The molecule has 0 spiro atoms. The third-order valence-electron chi connectivity index (χ3n) is 7.55. The monoisotopic (exact) mass is 380 g/mol. The van der Waals surface area contributed by atoms with Gasteiger partial charge in [-0.2, -0.15) is 0 Å². The highest BCUT2D eigenvalue weighted by molar-refractivity contribution is 5.76. The SMILES string of the molecule is CCC(C)(C)C(=O)OC1CCC2C(CCCC2OCC2CCCC(O)C2)C1. The van der Waals surface area contributed by atoms with E-state index in [0.717, 1.165) is 51.6 Å². The van der Waals surface area contributed by atoms with E-state index in [1.807, 2.05) is 20.8 Å². The van der Waals surface area contributed by atoms with E-state index in [9.17, 15) is 9.90 Å². The molecule has 0 amide bonds. The van der Waals surface area contributed by atoms with Crippen LogP contribution in [-0.4, -0.2) is 36.0 Å². The van der Waals surface area contributed by atoms with Gasteiger partial charge in [0.25, 0.3) is 0 Å². The van der Waals surface area contributed by atoms with Crippen LogP contribution in [0.5, 0.6) is 0 Å². The van der Waals surface area contributed by atoms with Crippen LogP contribution >= 0.6 is 0 Å². The third kappa shape index (κ3) is 5.47. The number of ether oxygens (including phenoxy) is 2. The van der Waals surface area contributed by atoms with Crippen LogP contribution < -0.4 is 0 Å². The van der Waals surface area contributed by atoms with Crippen molar-refractivity contribution < 1.29 is 19.4 Å². The van der Waals surface area contributed by atoms with Crippen LogP contribution in [0.25, 0.3) is 0 Å². The molecule has 0 aromatic rings. The molecule has 6 unspecified atom stereocenters. The Morgan fingerprint density at radius 1 is 1.04 bits per heavy atom. The number of hydrogen-bond acceptors (Lipinski definition) is 4. The standard InChI is InChI=1S/C23H40O4/c1-4-23(2,3)22(25)27-19-11-12-20-17(14-19)8-6-10-21(20)26-15-16-7-5-9-18(24)13-16/h16-21,24H,4-15H2,1-3H3. The second-order valence-electron chi connectivity index (χ2n) is 9.99. The van der Waals surface area contributed by atoms with Gasteiger partial charge in [-0.25, -0.2) is 0 Å². The van der Waals surface area contributed by atoms with Crippen molar-refractivity contribution in [1.82, 2.24) is 0 Å². The predicted octanol–water partition coefficient (Wildman–Crippen LogP) is 4.87. The number of aliphatic hydroxyl groups excluding tert-OH is 1. The fraction of sp³-hybridized carbons (Fsp3) is 0.957. The summed E-state index contributed by atoms with van der Waals surface area (Å²) in [4.78, 5) is 12.4. The minimum Gasteiger partial charge on any atom is -0.462 e. The van der Waals surface area contributed by atoms with E-state index in [0.29, 0.717) is 23.9 Å². The first-order valence-electron chi connectivity index (χ1n) is 11.4. The quantitative estimate of drug-likeness (QED) is 0.668. The van der Waals surface area contributed by atoms with Crippen LogP contribution in [0.3, 0.4) is 0 Å². The maximum absolute atomic E-state index is 12.4. The predicted molar refractivity (Wildman–Crippen MR) is 106 cm³/mol. The molecule has 6 atom stereocenters. The number of carbonyl (C=O) groups is 1. The van der Waals surface area contributed by atoms with Gasteiger partial charge >= 0.3 is 5.97 Å². The smallest absolute Gasteiger partial charge is 0.311 e. The molecule has 3 fully saturated rings. The van der Waals surface area contributed by atoms with Gasteiger partial charge in [-0.1, -0.05) is 19.8 Å². The number of aliphatic hydroxyl groups is 1. The molecular weight excluding hydrogens is 340 g/mol. The van der Waals surface area contributed by atoms with Crippen LogP contribution in [0.15, 0.2) is 0 Å². The Balaban J connectivity index is 1.48. The molecule has 27 heavy (non-hydrogen) atoms. The Kier molecular flexibility index (Phi) is 7.24. The molecule has 0 aromatic carbocycles. The second-order valence-corrected chi connectivity index (χ2v) is 9.99. The summed E-state index contributed by atoms with van der Waals surface area (Å²) in [5.41, 5.74) is -0.375. The van der Waals surface area contributed by atoms with Crippen LogP contribution in [0.2, 0.25) is 0 Å². The van der Waals surface area contributed by atoms with Gasteiger partial charge in [0.05, 0.1) is 17.6 Å². The van der Waals surface area contributed by atoms with Crippen LogP contribution in [0.4, 0.5) is 0 Å². The summed E-state index contributed by atoms with van der Waals surface area (Å²) in [7, 11) is 0. The normalized spacial score (nSPS) is 37.5. The van der Waals surface area contributed by atoms with Gasteiger partial charge in [-0.05, 0) is 89.4 Å². The summed E-state index contributed by atoms with van der Waals surface area (Å²) in [5, 5.41) is 9.88. The molecule has 0 aliphatic heterocycles. The summed E-state index contributed by atoms with van der Waals surface area (Å²) in [5.74, 6) is 1.76. The van der Waals surface area contributed by atoms with Crippen molar-refractivity contribution in [3.8, 4) is 0 Å². The summed E-state index contributed by atoms with van der Waals surface area (Å²) < 4.78 is 12.3. The van der Waals surface area contributed by atoms with Crippen molar-refractivity contribution in [2.75, 3.05) is 6.61 Å². The Morgan fingerprint density at radius 2 is 1.81 bits per heavy atom. The third-order valence-corrected chi connectivity index (χ3v) is 7.55. The maximum Gasteiger partial charge on any atom is 0.311 e. The Hall–Kier alpha value is -0.610. The minimum atomic E-state index is -0.375. The van der Waals surface area contributed by atoms with E-state index >= 15 is 0 Å². The van der Waals surface area contributed by atoms with Gasteiger partial charge in [-0.15, -0.1) is 0 Å². The van der Waals surface area contributed by atoms with Gasteiger partial charge in [-0.3, -0.25) is 4.79 Å². The molecule has 4 heteroatoms. The first-order chi connectivity index (χ1) is 12.9. The zero-order chi connectivity index (χ0) is 19.4. The van der Waals surface area contributed by atoms with E-state index in [1.54, 1.807) is 0 Å². The molecule has 1 N–H and O–H groups in total. The molecule has 0 saturated heterocycles. The van der Waals surface area contributed by atoms with Crippen molar-refractivity contribution in [1.29, 1.82) is 0 Å². The van der Waals surface area contributed by atoms with Gasteiger partial charge in [0.15, 0.2) is 0 Å². The van der Waals surface area contributed by atoms with Gasteiger partial charge in [0, 0.05) is 6.61 Å². The van der Waals surface area contributed by atoms with E-state index in [2.05, 4.69) is 0 Å². The lowest BCUT2D eigenvalue weighted by molar-refractivity contribution is -0.165. The number of rotatable bonds is 6. The molecule has 3 aliphatic rings. The lowest BCUT2D eigenvalue weighted by atomic mass is 9.68. The van der Waals surface area contributed by atoms with E-state index < -0.39 is 0 Å². The zero-order valence-corrected chi connectivity index (χ0v) is 17.6. The molecule has 156 valence electrons. The maximum atomic E-state index is 12.4. The van der Waals surface area contributed by atoms with Crippen LogP contribution in [0, 0.1) is 23.2 Å². The Morgan fingerprint density at radius 3 is 2.56 bits per heavy atom. The first-order valence-corrected chi connectivity index (χ1v) is 11.4. The van der Waals surface area contributed by atoms with Crippen LogP contribution in [0.1, 0.15) is 91.4 Å². The van der Waals surface area contributed by atoms with Gasteiger partial charge in [0.1, 0.15) is 6.10 Å². The second kappa shape index (κ2) is 9.26. The van der Waals surface area contributed by atoms with Crippen molar-refractivity contribution in [3.05, 3.63) is 0 Å². The number of fused-ring (bicyclic) bond motifs is 1. The molecular formula is C23H40O4. The molecule has 3 aliphatic carbocycles. The molecule has 3 rings (SSSR count). The first kappa shape index (κ1) is 21.1. The summed E-state index contributed by atoms with van der Waals surface area (Å²) in [6, 6.07) is 0. The number of esters is 1. The van der Waals surface area contributed by atoms with Gasteiger partial charge < -0.3 is 14.6 Å². The average Bonchev–Trinajstić information content (AvgIpc) is 2.66. The highest BCUT2D eigenvalue weighted by Gasteiger charge is 2.41. The lowest BCUT2D eigenvalue weighted by Gasteiger charge is -2.44. The summed E-state index contributed by atoms with van der Waals surface area (Å²) in [6.45, 7) is 6.82. The lowest BCUT2D eigenvalue weighted by Crippen LogP contribution is -2.42. The average molecular weight is 381 g/mol. The molecule has 0 bridgehead atoms. The zero-order valence-electron chi connectivity index (χ0n) is 17.6. The van der Waals surface area contributed by atoms with Crippen molar-refractivity contribution in [2.24, 2.45) is 23.2 Å². The minimum absolute atomic E-state index is 0.0343. The molecule has 4 nitrogen and oxygen atoms in total. The van der Waals surface area contributed by atoms with Crippen molar-refractivity contribution in [2.45, 2.75) is 110 Å². The molecule has 3 saturated carbocycles. The van der Waals surface area contributed by atoms with E-state index in [1.165, 1.54) is 25.7 Å². The number of carbonyl (C=O) groups excluding carboxylic acids is 1. The Labute approximate surface area is 165 Å².